The quantitative estimate of drug-likeness (QED) is 0.610. The van der Waals surface area contributed by atoms with E-state index in [1.807, 2.05) is 20.8 Å². The molecule has 0 spiro atoms. The molecule has 0 aromatic heterocycles. The lowest BCUT2D eigenvalue weighted by Crippen LogP contribution is -2.46. The minimum Gasteiger partial charge on any atom is -0.352 e. The van der Waals surface area contributed by atoms with Crippen LogP contribution >= 0.6 is 0 Å². The van der Waals surface area contributed by atoms with Gasteiger partial charge in [0.25, 0.3) is 0 Å². The Bertz CT molecular complexity index is 252. The number of hydrogen-bond donors (Lipinski definition) is 3. The van der Waals surface area contributed by atoms with Crippen molar-refractivity contribution in [3.63, 3.8) is 0 Å². The van der Waals surface area contributed by atoms with Crippen LogP contribution < -0.4 is 16.4 Å². The van der Waals surface area contributed by atoms with Crippen molar-refractivity contribution in [2.45, 2.75) is 65.1 Å². The van der Waals surface area contributed by atoms with Gasteiger partial charge in [0.15, 0.2) is 0 Å². The van der Waals surface area contributed by atoms with Gasteiger partial charge in [0.1, 0.15) is 6.04 Å². The summed E-state index contributed by atoms with van der Waals surface area (Å²) in [5.41, 5.74) is 5.59. The fraction of sp³-hybridized carbons (Fsp3) is 0.833. The largest absolute Gasteiger partial charge is 0.352 e. The lowest BCUT2D eigenvalue weighted by atomic mass is 10.1. The first-order chi connectivity index (χ1) is 7.82. The van der Waals surface area contributed by atoms with Crippen molar-refractivity contribution >= 4 is 11.8 Å². The third-order valence-electron chi connectivity index (χ3n) is 2.27. The molecule has 0 heterocycles. The second-order valence-corrected chi connectivity index (χ2v) is 4.82. The zero-order valence-electron chi connectivity index (χ0n) is 11.2. The SMILES string of the molecule is CC(N)CCCC(=O)NC(C)C(=O)NC(C)C. The second-order valence-electron chi connectivity index (χ2n) is 4.82. The number of nitrogens with two attached hydrogens (primary N) is 1. The molecule has 2 unspecified atom stereocenters. The predicted molar refractivity (Wildman–Crippen MR) is 68.4 cm³/mol. The van der Waals surface area contributed by atoms with Crippen molar-refractivity contribution in [1.82, 2.24) is 10.6 Å². The maximum atomic E-state index is 11.5. The first kappa shape index (κ1) is 15.9. The van der Waals surface area contributed by atoms with Gasteiger partial charge in [-0.15, -0.1) is 0 Å². The molecule has 0 aliphatic rings. The zero-order valence-corrected chi connectivity index (χ0v) is 11.2. The highest BCUT2D eigenvalue weighted by Crippen LogP contribution is 1.98. The molecule has 5 nitrogen and oxygen atoms in total. The predicted octanol–water partition coefficient (Wildman–Crippen LogP) is 0.533. The van der Waals surface area contributed by atoms with E-state index in [-0.39, 0.29) is 23.9 Å². The van der Waals surface area contributed by atoms with Crippen LogP contribution in [0.25, 0.3) is 0 Å². The van der Waals surface area contributed by atoms with Gasteiger partial charge < -0.3 is 16.4 Å². The fourth-order valence-electron chi connectivity index (χ4n) is 1.37. The molecule has 0 aromatic carbocycles. The van der Waals surface area contributed by atoms with Gasteiger partial charge >= 0.3 is 0 Å². The second kappa shape index (κ2) is 8.06. The van der Waals surface area contributed by atoms with E-state index in [1.54, 1.807) is 6.92 Å². The van der Waals surface area contributed by atoms with Gasteiger partial charge in [-0.2, -0.15) is 0 Å². The molecule has 0 saturated heterocycles. The summed E-state index contributed by atoms with van der Waals surface area (Å²) in [7, 11) is 0. The molecule has 0 aromatic rings. The number of hydrogen-bond acceptors (Lipinski definition) is 3. The fourth-order valence-corrected chi connectivity index (χ4v) is 1.37. The summed E-state index contributed by atoms with van der Waals surface area (Å²) in [6.45, 7) is 7.36. The topological polar surface area (TPSA) is 84.2 Å². The summed E-state index contributed by atoms with van der Waals surface area (Å²) in [6.07, 6.45) is 1.99. The molecule has 0 aliphatic carbocycles. The smallest absolute Gasteiger partial charge is 0.242 e. The van der Waals surface area contributed by atoms with E-state index in [0.29, 0.717) is 6.42 Å². The molecule has 0 rings (SSSR count). The molecule has 0 bridgehead atoms. The highest BCUT2D eigenvalue weighted by Gasteiger charge is 2.15. The number of amides is 2. The van der Waals surface area contributed by atoms with Crippen LogP contribution in [0.1, 0.15) is 47.0 Å². The van der Waals surface area contributed by atoms with Crippen LogP contribution in [0.15, 0.2) is 0 Å². The average molecular weight is 243 g/mol. The maximum absolute atomic E-state index is 11.5. The third kappa shape index (κ3) is 8.68. The summed E-state index contributed by atoms with van der Waals surface area (Å²) in [6, 6.07) is -0.287. The van der Waals surface area contributed by atoms with E-state index in [0.717, 1.165) is 12.8 Å². The Morgan fingerprint density at radius 2 is 1.71 bits per heavy atom. The Kier molecular flexibility index (Phi) is 7.54. The molecule has 17 heavy (non-hydrogen) atoms. The standard InChI is InChI=1S/C12H25N3O2/c1-8(2)14-12(17)10(4)15-11(16)7-5-6-9(3)13/h8-10H,5-7,13H2,1-4H3,(H,14,17)(H,15,16). The minimum absolute atomic E-state index is 0.0833. The molecule has 2 atom stereocenters. The first-order valence-electron chi connectivity index (χ1n) is 6.18. The minimum atomic E-state index is -0.486. The van der Waals surface area contributed by atoms with Crippen molar-refractivity contribution in [2.24, 2.45) is 5.73 Å². The summed E-state index contributed by atoms with van der Waals surface area (Å²) in [5.74, 6) is -0.252. The number of carbonyl (C=O) groups excluding carboxylic acids is 2. The molecular formula is C12H25N3O2. The molecule has 100 valence electrons. The van der Waals surface area contributed by atoms with Gasteiger partial charge in [-0.25, -0.2) is 0 Å². The van der Waals surface area contributed by atoms with Crippen LogP contribution in [0.4, 0.5) is 0 Å². The van der Waals surface area contributed by atoms with Crippen LogP contribution in [0.3, 0.4) is 0 Å². The summed E-state index contributed by atoms with van der Waals surface area (Å²) in [4.78, 5) is 23.0. The maximum Gasteiger partial charge on any atom is 0.242 e. The van der Waals surface area contributed by atoms with Crippen molar-refractivity contribution in [1.29, 1.82) is 0 Å². The van der Waals surface area contributed by atoms with E-state index in [4.69, 9.17) is 5.73 Å². The molecule has 0 aliphatic heterocycles. The first-order valence-corrected chi connectivity index (χ1v) is 6.18. The van der Waals surface area contributed by atoms with Crippen molar-refractivity contribution in [2.75, 3.05) is 0 Å². The molecular weight excluding hydrogens is 218 g/mol. The Morgan fingerprint density at radius 3 is 2.18 bits per heavy atom. The van der Waals surface area contributed by atoms with Crippen LogP contribution in [-0.2, 0) is 9.59 Å². The van der Waals surface area contributed by atoms with Gasteiger partial charge in [0, 0.05) is 18.5 Å². The normalized spacial score (nSPS) is 14.2. The number of carbonyl (C=O) groups is 2. The Balaban J connectivity index is 3.83. The van der Waals surface area contributed by atoms with E-state index in [1.165, 1.54) is 0 Å². The van der Waals surface area contributed by atoms with E-state index in [9.17, 15) is 9.59 Å². The third-order valence-corrected chi connectivity index (χ3v) is 2.27. The summed E-state index contributed by atoms with van der Waals surface area (Å²) in [5, 5.41) is 5.42. The molecule has 2 amide bonds. The van der Waals surface area contributed by atoms with Crippen molar-refractivity contribution in [3.05, 3.63) is 0 Å². The summed E-state index contributed by atoms with van der Waals surface area (Å²) < 4.78 is 0. The van der Waals surface area contributed by atoms with Crippen LogP contribution in [0.2, 0.25) is 0 Å². The molecule has 0 saturated carbocycles. The van der Waals surface area contributed by atoms with Gasteiger partial charge in [0.05, 0.1) is 0 Å². The Morgan fingerprint density at radius 1 is 1.12 bits per heavy atom. The Labute approximate surface area is 104 Å². The molecule has 5 heteroatoms. The van der Waals surface area contributed by atoms with Gasteiger partial charge in [0.2, 0.25) is 11.8 Å². The van der Waals surface area contributed by atoms with Crippen LogP contribution in [0.5, 0.6) is 0 Å². The van der Waals surface area contributed by atoms with E-state index < -0.39 is 6.04 Å². The van der Waals surface area contributed by atoms with Gasteiger partial charge in [-0.1, -0.05) is 0 Å². The van der Waals surface area contributed by atoms with Gasteiger partial charge in [-0.3, -0.25) is 9.59 Å². The lowest BCUT2D eigenvalue weighted by Gasteiger charge is -2.16. The monoisotopic (exact) mass is 243 g/mol. The van der Waals surface area contributed by atoms with Gasteiger partial charge in [-0.05, 0) is 40.5 Å². The molecule has 0 fully saturated rings. The molecule has 4 N–H and O–H groups in total. The van der Waals surface area contributed by atoms with Crippen molar-refractivity contribution in [3.8, 4) is 0 Å². The number of rotatable bonds is 7. The zero-order chi connectivity index (χ0) is 13.4. The van der Waals surface area contributed by atoms with Crippen LogP contribution in [-0.4, -0.2) is 29.9 Å². The summed E-state index contributed by atoms with van der Waals surface area (Å²) >= 11 is 0. The van der Waals surface area contributed by atoms with Crippen LogP contribution in [0, 0.1) is 0 Å². The van der Waals surface area contributed by atoms with E-state index in [2.05, 4.69) is 10.6 Å². The molecule has 0 radical (unpaired) electrons. The lowest BCUT2D eigenvalue weighted by molar-refractivity contribution is -0.128. The highest BCUT2D eigenvalue weighted by atomic mass is 16.2. The average Bonchev–Trinajstić information content (AvgIpc) is 2.15. The van der Waals surface area contributed by atoms with E-state index >= 15 is 0 Å². The number of nitrogens with one attached hydrogen (secondary N) is 2. The highest BCUT2D eigenvalue weighted by molar-refractivity contribution is 5.87. The van der Waals surface area contributed by atoms with Crippen molar-refractivity contribution < 1.29 is 9.59 Å². The Hall–Kier alpha value is -1.10.